The van der Waals surface area contributed by atoms with Crippen LogP contribution in [-0.4, -0.2) is 31.0 Å². The molecule has 4 aromatic rings. The maximum absolute atomic E-state index is 13.6. The van der Waals surface area contributed by atoms with Crippen molar-refractivity contribution in [2.24, 2.45) is 0 Å². The fraction of sp³-hybridized carbons (Fsp3) is 0.455. The third-order valence-corrected chi connectivity index (χ3v) is 9.43. The maximum Gasteiger partial charge on any atom is 0.417 e. The molecule has 2 atom stereocenters. The molecule has 3 N–H and O–H groups in total. The average Bonchev–Trinajstić information content (AvgIpc) is 2.93. The van der Waals surface area contributed by atoms with Crippen molar-refractivity contribution in [1.82, 2.24) is 9.97 Å². The molecule has 2 aliphatic heterocycles. The number of hydrazine groups is 1. The molecule has 0 radical (unpaired) electrons. The number of pyridine rings is 2. The van der Waals surface area contributed by atoms with Crippen molar-refractivity contribution < 1.29 is 36.3 Å². The molecule has 2 aromatic carbocycles. The Morgan fingerprint density at radius 1 is 0.843 bits per heavy atom. The van der Waals surface area contributed by atoms with Gasteiger partial charge in [-0.2, -0.15) is 26.3 Å². The van der Waals surface area contributed by atoms with Crippen molar-refractivity contribution in [2.75, 3.05) is 10.3 Å². The van der Waals surface area contributed by atoms with E-state index in [0.29, 0.717) is 30.0 Å². The van der Waals surface area contributed by atoms with Gasteiger partial charge in [0.15, 0.2) is 5.03 Å². The van der Waals surface area contributed by atoms with Gasteiger partial charge in [-0.05, 0) is 88.6 Å². The van der Waals surface area contributed by atoms with Crippen LogP contribution in [-0.2, 0) is 12.4 Å². The van der Waals surface area contributed by atoms with E-state index in [4.69, 9.17) is 0 Å². The SMILES string of the molecule is CC1CC(C)(C)N([N+](=O)[O-])c2cc3[nH]c(=O)cc(C(F)(F)F)c3cc21.Cc1c(C(F)(F)F)c2cc3c(c([N+](=O)[O-])c2[nH]c1=O)NC(C)(C)CC3C. The first-order valence-electron chi connectivity index (χ1n) is 15.7. The second-order valence-electron chi connectivity index (χ2n) is 14.4. The van der Waals surface area contributed by atoms with Gasteiger partial charge in [0, 0.05) is 27.9 Å². The van der Waals surface area contributed by atoms with Crippen LogP contribution in [0.25, 0.3) is 21.8 Å². The lowest BCUT2D eigenvalue weighted by atomic mass is 9.80. The summed E-state index contributed by atoms with van der Waals surface area (Å²) in [7, 11) is 0. The molecule has 6 rings (SSSR count). The zero-order valence-corrected chi connectivity index (χ0v) is 28.4. The molecule has 2 aliphatic rings. The van der Waals surface area contributed by atoms with Crippen LogP contribution in [0.5, 0.6) is 0 Å². The highest BCUT2D eigenvalue weighted by Crippen LogP contribution is 2.49. The summed E-state index contributed by atoms with van der Waals surface area (Å²) >= 11 is 0. The van der Waals surface area contributed by atoms with Crippen LogP contribution >= 0.6 is 0 Å². The minimum absolute atomic E-state index is 0.0738. The van der Waals surface area contributed by atoms with Crippen molar-refractivity contribution in [3.8, 4) is 0 Å². The summed E-state index contributed by atoms with van der Waals surface area (Å²) in [5.41, 5.74) is -5.59. The summed E-state index contributed by atoms with van der Waals surface area (Å²) in [4.78, 5) is 50.8. The van der Waals surface area contributed by atoms with Gasteiger partial charge < -0.3 is 15.3 Å². The fourth-order valence-electron chi connectivity index (χ4n) is 7.57. The van der Waals surface area contributed by atoms with E-state index >= 15 is 0 Å². The van der Waals surface area contributed by atoms with Crippen LogP contribution in [0.15, 0.2) is 33.9 Å². The van der Waals surface area contributed by atoms with E-state index in [0.717, 1.165) is 11.9 Å². The third kappa shape index (κ3) is 6.58. The average molecular weight is 725 g/mol. The number of hydrogen-bond donors (Lipinski definition) is 3. The Kier molecular flexibility index (Phi) is 8.71. The Hall–Kier alpha value is -5.16. The fourth-order valence-corrected chi connectivity index (χ4v) is 7.57. The number of H-pyrrole nitrogens is 2. The van der Waals surface area contributed by atoms with E-state index in [9.17, 15) is 56.2 Å². The van der Waals surface area contributed by atoms with Crippen molar-refractivity contribution >= 4 is 38.9 Å². The van der Waals surface area contributed by atoms with Gasteiger partial charge in [-0.15, -0.1) is 0 Å². The van der Waals surface area contributed by atoms with Crippen LogP contribution in [0.3, 0.4) is 0 Å². The number of nitrogens with zero attached hydrogens (tertiary/aromatic N) is 3. The quantitative estimate of drug-likeness (QED) is 0.105. The highest BCUT2D eigenvalue weighted by atomic mass is 19.4. The molecular formula is C33H34F6N6O6. The second kappa shape index (κ2) is 12.0. The second-order valence-corrected chi connectivity index (χ2v) is 14.4. The van der Waals surface area contributed by atoms with Gasteiger partial charge in [0.25, 0.3) is 5.56 Å². The van der Waals surface area contributed by atoms with Gasteiger partial charge in [0.2, 0.25) is 5.56 Å². The van der Waals surface area contributed by atoms with Gasteiger partial charge in [0.1, 0.15) is 22.4 Å². The first kappa shape index (κ1) is 37.1. The molecule has 0 amide bonds. The number of nitrogens with one attached hydrogen (secondary N) is 3. The minimum Gasteiger partial charge on any atom is -0.374 e. The molecule has 4 heterocycles. The van der Waals surface area contributed by atoms with E-state index in [1.54, 1.807) is 13.8 Å². The molecule has 0 bridgehead atoms. The lowest BCUT2D eigenvalue weighted by Crippen LogP contribution is -2.51. The van der Waals surface area contributed by atoms with E-state index in [-0.39, 0.29) is 39.5 Å². The van der Waals surface area contributed by atoms with Gasteiger partial charge in [-0.25, -0.2) is 10.1 Å². The molecule has 0 saturated carbocycles. The number of nitro groups is 2. The monoisotopic (exact) mass is 724 g/mol. The van der Waals surface area contributed by atoms with Gasteiger partial charge in [0.05, 0.1) is 21.6 Å². The highest BCUT2D eigenvalue weighted by molar-refractivity contribution is 5.98. The lowest BCUT2D eigenvalue weighted by Gasteiger charge is -2.39. The van der Waals surface area contributed by atoms with Crippen LogP contribution in [0.1, 0.15) is 94.0 Å². The molecule has 0 fully saturated rings. The summed E-state index contributed by atoms with van der Waals surface area (Å²) in [6, 6.07) is 4.40. The Labute approximate surface area is 285 Å². The van der Waals surface area contributed by atoms with Gasteiger partial charge >= 0.3 is 18.0 Å². The number of hydrogen-bond acceptors (Lipinski definition) is 7. The van der Waals surface area contributed by atoms with E-state index in [1.165, 1.54) is 18.2 Å². The summed E-state index contributed by atoms with van der Waals surface area (Å²) < 4.78 is 80.7. The maximum atomic E-state index is 13.6. The molecular weight excluding hydrogens is 690 g/mol. The number of benzene rings is 2. The number of aromatic nitrogens is 2. The molecule has 2 aromatic heterocycles. The first-order valence-corrected chi connectivity index (χ1v) is 15.7. The molecule has 12 nitrogen and oxygen atoms in total. The molecule has 0 spiro atoms. The Morgan fingerprint density at radius 2 is 1.43 bits per heavy atom. The number of nitro benzene ring substituents is 1. The Balaban J connectivity index is 0.000000198. The Bertz CT molecular complexity index is 2240. The summed E-state index contributed by atoms with van der Waals surface area (Å²) in [6.07, 6.45) is -8.48. The van der Waals surface area contributed by atoms with Crippen LogP contribution < -0.4 is 21.4 Å². The predicted octanol–water partition coefficient (Wildman–Crippen LogP) is 8.29. The number of alkyl halides is 6. The van der Waals surface area contributed by atoms with Crippen molar-refractivity contribution in [3.05, 3.63) is 93.0 Å². The first-order chi connectivity index (χ1) is 23.2. The van der Waals surface area contributed by atoms with E-state index in [1.807, 2.05) is 27.7 Å². The molecule has 0 saturated heterocycles. The molecule has 2 unspecified atom stereocenters. The topological polar surface area (TPSA) is 167 Å². The minimum atomic E-state index is -4.80. The number of rotatable bonds is 2. The smallest absolute Gasteiger partial charge is 0.374 e. The summed E-state index contributed by atoms with van der Waals surface area (Å²) in [6.45, 7) is 11.8. The zero-order chi connectivity index (χ0) is 38.3. The number of anilines is 2. The van der Waals surface area contributed by atoms with Crippen molar-refractivity contribution in [2.45, 2.75) is 96.6 Å². The van der Waals surface area contributed by atoms with Crippen molar-refractivity contribution in [3.63, 3.8) is 0 Å². The summed E-state index contributed by atoms with van der Waals surface area (Å²) in [5.74, 6) is -0.351. The molecule has 51 heavy (non-hydrogen) atoms. The third-order valence-electron chi connectivity index (χ3n) is 9.43. The molecule has 18 heteroatoms. The van der Waals surface area contributed by atoms with Gasteiger partial charge in [-0.3, -0.25) is 19.7 Å². The standard InChI is InChI=1S/C17H18F3N3O3.C16H16F3N3O3/c1-7-6-16(3,4)22-13-9(7)5-10-11(17(18,19)20)8(2)15(24)21-12(10)14(13)23(25)26;1-8-7-15(2,3)21(22(24)25)13-6-12-10(4-9(8)13)11(16(17,18)19)5-14(23)20-12/h5,7,22H,6H2,1-4H3,(H,21,24);4-6,8H,7H2,1-3H3,(H,20,23). The van der Waals surface area contributed by atoms with Gasteiger partial charge in [-0.1, -0.05) is 18.9 Å². The number of halogens is 6. The predicted molar refractivity (Wildman–Crippen MR) is 178 cm³/mol. The number of aromatic amines is 2. The van der Waals surface area contributed by atoms with E-state index < -0.39 is 72.4 Å². The molecule has 0 aliphatic carbocycles. The van der Waals surface area contributed by atoms with Crippen LogP contribution in [0, 0.1) is 27.2 Å². The number of fused-ring (bicyclic) bond motifs is 4. The van der Waals surface area contributed by atoms with Crippen LogP contribution in [0.2, 0.25) is 0 Å². The lowest BCUT2D eigenvalue weighted by molar-refractivity contribution is -0.507. The van der Waals surface area contributed by atoms with E-state index in [2.05, 4.69) is 15.3 Å². The van der Waals surface area contributed by atoms with Crippen LogP contribution in [0.4, 0.5) is 43.4 Å². The summed E-state index contributed by atoms with van der Waals surface area (Å²) in [5, 5.41) is 26.2. The van der Waals surface area contributed by atoms with Crippen molar-refractivity contribution in [1.29, 1.82) is 0 Å². The normalized spacial score (nSPS) is 19.4. The molecule has 274 valence electrons. The largest absolute Gasteiger partial charge is 0.417 e. The zero-order valence-electron chi connectivity index (χ0n) is 28.4. The Morgan fingerprint density at radius 3 is 1.98 bits per heavy atom. The highest BCUT2D eigenvalue weighted by Gasteiger charge is 2.45.